The number of nitrogens with zero attached hydrogens (tertiary/aromatic N) is 3. The number of hydrogen-bond acceptors (Lipinski definition) is 3. The second-order valence-corrected chi connectivity index (χ2v) is 2.64. The molecule has 4 heteroatoms. The SMILES string of the molecule is CCCC([N+]#N)Oc1ccccn1. The molecule has 68 valence electrons. The van der Waals surface area contributed by atoms with E-state index in [1.807, 2.05) is 13.0 Å². The van der Waals surface area contributed by atoms with Crippen LogP contribution in [0.3, 0.4) is 0 Å². The lowest BCUT2D eigenvalue weighted by Gasteiger charge is -2.00. The first kappa shape index (κ1) is 9.46. The maximum atomic E-state index is 8.59. The zero-order valence-corrected chi connectivity index (χ0v) is 7.55. The van der Waals surface area contributed by atoms with E-state index in [0.717, 1.165) is 6.42 Å². The van der Waals surface area contributed by atoms with Crippen molar-refractivity contribution in [3.63, 3.8) is 0 Å². The molecule has 0 bridgehead atoms. The molecule has 1 aromatic rings. The van der Waals surface area contributed by atoms with Crippen molar-refractivity contribution in [1.29, 1.82) is 5.39 Å². The van der Waals surface area contributed by atoms with Gasteiger partial charge < -0.3 is 4.74 Å². The van der Waals surface area contributed by atoms with Gasteiger partial charge in [-0.2, -0.15) is 0 Å². The molecule has 1 atom stereocenters. The maximum absolute atomic E-state index is 8.59. The number of diazo groups is 1. The molecule has 1 unspecified atom stereocenters. The first-order chi connectivity index (χ1) is 6.36. The summed E-state index contributed by atoms with van der Waals surface area (Å²) in [5.74, 6) is 0.485. The molecule has 0 radical (unpaired) electrons. The van der Waals surface area contributed by atoms with E-state index in [0.29, 0.717) is 12.3 Å². The fraction of sp³-hybridized carbons (Fsp3) is 0.444. The Hall–Kier alpha value is -1.63. The topological polar surface area (TPSA) is 50.3 Å². The summed E-state index contributed by atoms with van der Waals surface area (Å²) in [5.41, 5.74) is 0. The molecule has 0 aliphatic carbocycles. The van der Waals surface area contributed by atoms with E-state index in [-0.39, 0.29) is 0 Å². The first-order valence-electron chi connectivity index (χ1n) is 4.28. The van der Waals surface area contributed by atoms with Crippen molar-refractivity contribution in [3.8, 4) is 5.88 Å². The van der Waals surface area contributed by atoms with Crippen LogP contribution in [0.2, 0.25) is 0 Å². The van der Waals surface area contributed by atoms with Crippen LogP contribution in [-0.2, 0) is 0 Å². The van der Waals surface area contributed by atoms with Crippen molar-refractivity contribution in [3.05, 3.63) is 29.4 Å². The van der Waals surface area contributed by atoms with Gasteiger partial charge in [-0.15, -0.1) is 0 Å². The van der Waals surface area contributed by atoms with Crippen molar-refractivity contribution in [2.24, 2.45) is 0 Å². The van der Waals surface area contributed by atoms with Gasteiger partial charge in [-0.05, 0) is 12.5 Å². The summed E-state index contributed by atoms with van der Waals surface area (Å²) in [4.78, 5) is 7.07. The van der Waals surface area contributed by atoms with Crippen molar-refractivity contribution < 1.29 is 4.74 Å². The highest BCUT2D eigenvalue weighted by Crippen LogP contribution is 2.10. The Bertz CT molecular complexity index is 281. The van der Waals surface area contributed by atoms with E-state index in [1.54, 1.807) is 18.3 Å². The minimum absolute atomic E-state index is 0.485. The molecule has 4 nitrogen and oxygen atoms in total. The van der Waals surface area contributed by atoms with Crippen LogP contribution in [0, 0.1) is 5.39 Å². The summed E-state index contributed by atoms with van der Waals surface area (Å²) in [7, 11) is 0. The lowest BCUT2D eigenvalue weighted by molar-refractivity contribution is 0.223. The summed E-state index contributed by atoms with van der Waals surface area (Å²) in [6.45, 7) is 2.00. The molecule has 1 rings (SSSR count). The first-order valence-corrected chi connectivity index (χ1v) is 4.28. The number of rotatable bonds is 4. The molecule has 1 aromatic heterocycles. The van der Waals surface area contributed by atoms with Gasteiger partial charge in [-0.25, -0.2) is 4.98 Å². The Labute approximate surface area is 77.2 Å². The minimum Gasteiger partial charge on any atom is -0.400 e. The van der Waals surface area contributed by atoms with Crippen molar-refractivity contribution >= 4 is 0 Å². The molecular formula is C9H12N3O+. The van der Waals surface area contributed by atoms with Gasteiger partial charge in [0.15, 0.2) is 4.98 Å². The van der Waals surface area contributed by atoms with Crippen molar-refractivity contribution in [2.45, 2.75) is 26.0 Å². The molecule has 0 saturated carbocycles. The highest BCUT2D eigenvalue weighted by molar-refractivity contribution is 5.09. The Balaban J connectivity index is 2.53. The van der Waals surface area contributed by atoms with Gasteiger partial charge >= 0.3 is 6.23 Å². The van der Waals surface area contributed by atoms with Crippen molar-refractivity contribution in [2.75, 3.05) is 0 Å². The molecule has 0 aliphatic heterocycles. The van der Waals surface area contributed by atoms with Crippen LogP contribution in [-0.4, -0.2) is 11.2 Å². The molecule has 0 aromatic carbocycles. The number of pyridine rings is 1. The van der Waals surface area contributed by atoms with Crippen LogP contribution in [0.1, 0.15) is 19.8 Å². The van der Waals surface area contributed by atoms with Gasteiger partial charge in [0.05, 0.1) is 6.42 Å². The standard InChI is InChI=1S/C9H12N3O/c1-2-5-9(12-10)13-8-6-3-4-7-11-8/h3-4,6-7,9H,2,5H2,1H3/q+1. The smallest absolute Gasteiger partial charge is 0.400 e. The van der Waals surface area contributed by atoms with Crippen LogP contribution >= 0.6 is 0 Å². The number of ether oxygens (including phenoxy) is 1. The normalized spacial score (nSPS) is 11.7. The summed E-state index contributed by atoms with van der Waals surface area (Å²) < 4.78 is 5.28. The van der Waals surface area contributed by atoms with Gasteiger partial charge in [0, 0.05) is 12.3 Å². The largest absolute Gasteiger partial charge is 0.457 e. The predicted molar refractivity (Wildman–Crippen MR) is 48.6 cm³/mol. The van der Waals surface area contributed by atoms with Gasteiger partial charge in [0.25, 0.3) is 0 Å². The Morgan fingerprint density at radius 2 is 2.46 bits per heavy atom. The van der Waals surface area contributed by atoms with Crippen molar-refractivity contribution in [1.82, 2.24) is 4.98 Å². The second-order valence-electron chi connectivity index (χ2n) is 2.64. The quantitative estimate of drug-likeness (QED) is 0.665. The third-order valence-corrected chi connectivity index (χ3v) is 1.56. The monoisotopic (exact) mass is 178 g/mol. The van der Waals surface area contributed by atoms with Crippen LogP contribution in [0.15, 0.2) is 24.4 Å². The average molecular weight is 178 g/mol. The van der Waals surface area contributed by atoms with Gasteiger partial charge in [-0.1, -0.05) is 13.0 Å². The zero-order valence-electron chi connectivity index (χ0n) is 7.55. The average Bonchev–Trinajstić information content (AvgIpc) is 2.19. The summed E-state index contributed by atoms with van der Waals surface area (Å²) in [6.07, 6.45) is 2.73. The molecule has 0 N–H and O–H groups in total. The fourth-order valence-electron chi connectivity index (χ4n) is 0.943. The third-order valence-electron chi connectivity index (χ3n) is 1.56. The van der Waals surface area contributed by atoms with Crippen LogP contribution < -0.4 is 4.74 Å². The maximum Gasteiger partial charge on any atom is 0.457 e. The second kappa shape index (κ2) is 5.09. The lowest BCUT2D eigenvalue weighted by atomic mass is 10.3. The van der Waals surface area contributed by atoms with E-state index >= 15 is 0 Å². The third kappa shape index (κ3) is 3.08. The van der Waals surface area contributed by atoms with Gasteiger partial charge in [-0.3, -0.25) is 0 Å². The number of aromatic nitrogens is 1. The van der Waals surface area contributed by atoms with Crippen LogP contribution in [0.25, 0.3) is 4.98 Å². The summed E-state index contributed by atoms with van der Waals surface area (Å²) in [6, 6.07) is 5.36. The molecule has 0 fully saturated rings. The van der Waals surface area contributed by atoms with E-state index in [9.17, 15) is 0 Å². The molecule has 0 aliphatic rings. The minimum atomic E-state index is -0.500. The van der Waals surface area contributed by atoms with Gasteiger partial charge in [0.1, 0.15) is 0 Å². The molecule has 13 heavy (non-hydrogen) atoms. The zero-order chi connectivity index (χ0) is 9.52. The fourth-order valence-corrected chi connectivity index (χ4v) is 0.943. The molecule has 0 saturated heterocycles. The molecule has 1 heterocycles. The Morgan fingerprint density at radius 3 is 3.00 bits per heavy atom. The van der Waals surface area contributed by atoms with E-state index < -0.39 is 6.23 Å². The highest BCUT2D eigenvalue weighted by Gasteiger charge is 2.20. The Kier molecular flexibility index (Phi) is 3.71. The van der Waals surface area contributed by atoms with E-state index in [4.69, 9.17) is 10.1 Å². The molecule has 0 spiro atoms. The highest BCUT2D eigenvalue weighted by atomic mass is 16.5. The predicted octanol–water partition coefficient (Wildman–Crippen LogP) is 2.44. The van der Waals surface area contributed by atoms with E-state index in [1.165, 1.54) is 0 Å². The molecular weight excluding hydrogens is 166 g/mol. The van der Waals surface area contributed by atoms with Crippen LogP contribution in [0.4, 0.5) is 0 Å². The van der Waals surface area contributed by atoms with E-state index in [2.05, 4.69) is 9.96 Å². The lowest BCUT2D eigenvalue weighted by Crippen LogP contribution is -2.11. The van der Waals surface area contributed by atoms with Gasteiger partial charge in [0.2, 0.25) is 11.3 Å². The van der Waals surface area contributed by atoms with Crippen LogP contribution in [0.5, 0.6) is 5.88 Å². The molecule has 0 amide bonds. The summed E-state index contributed by atoms with van der Waals surface area (Å²) in [5, 5.41) is 8.59. The Morgan fingerprint density at radius 1 is 1.62 bits per heavy atom. The summed E-state index contributed by atoms with van der Waals surface area (Å²) >= 11 is 0. The number of hydrogen-bond donors (Lipinski definition) is 0.